The minimum Gasteiger partial charge on any atom is -0.462 e. The predicted octanol–water partition coefficient (Wildman–Crippen LogP) is 4.41. The van der Waals surface area contributed by atoms with E-state index in [9.17, 15) is 0 Å². The van der Waals surface area contributed by atoms with Crippen molar-refractivity contribution in [1.29, 1.82) is 0 Å². The smallest absolute Gasteiger partial charge is 0.229 e. The zero-order valence-corrected chi connectivity index (χ0v) is 15.8. The summed E-state index contributed by atoms with van der Waals surface area (Å²) in [4.78, 5) is 7.01. The molecule has 4 rings (SSSR count). The van der Waals surface area contributed by atoms with Gasteiger partial charge in [0, 0.05) is 18.4 Å². The summed E-state index contributed by atoms with van der Waals surface area (Å²) in [5.41, 5.74) is 0. The van der Waals surface area contributed by atoms with Gasteiger partial charge >= 0.3 is 0 Å². The number of ether oxygens (including phenoxy) is 1. The third kappa shape index (κ3) is 4.01. The molecule has 0 unspecified atom stereocenters. The predicted molar refractivity (Wildman–Crippen MR) is 96.9 cm³/mol. The van der Waals surface area contributed by atoms with E-state index in [-0.39, 0.29) is 6.10 Å². The van der Waals surface area contributed by atoms with Gasteiger partial charge in [0.05, 0.1) is 6.54 Å². The lowest BCUT2D eigenvalue weighted by Crippen LogP contribution is -2.32. The average molecular weight is 359 g/mol. The second-order valence-corrected chi connectivity index (χ2v) is 7.86. The second kappa shape index (κ2) is 7.92. The van der Waals surface area contributed by atoms with Crippen molar-refractivity contribution in [2.24, 2.45) is 0 Å². The lowest BCUT2D eigenvalue weighted by Gasteiger charge is -2.29. The second-order valence-electron chi connectivity index (χ2n) is 7.86. The van der Waals surface area contributed by atoms with Gasteiger partial charge in [-0.25, -0.2) is 0 Å². The molecule has 2 aliphatic heterocycles. The van der Waals surface area contributed by atoms with Gasteiger partial charge in [0.2, 0.25) is 5.89 Å². The van der Waals surface area contributed by atoms with Crippen LogP contribution in [0.4, 0.5) is 0 Å². The summed E-state index contributed by atoms with van der Waals surface area (Å²) >= 11 is 0. The molecule has 2 aromatic rings. The Kier molecular flexibility index (Phi) is 5.41. The van der Waals surface area contributed by atoms with Crippen molar-refractivity contribution in [3.63, 3.8) is 0 Å². The van der Waals surface area contributed by atoms with Crippen LogP contribution in [-0.2, 0) is 11.3 Å². The summed E-state index contributed by atoms with van der Waals surface area (Å²) in [6, 6.07) is 4.19. The summed E-state index contributed by atoms with van der Waals surface area (Å²) < 4.78 is 17.4. The molecular formula is C20H29N3O3. The van der Waals surface area contributed by atoms with Crippen LogP contribution >= 0.6 is 0 Å². The molecule has 0 spiro atoms. The van der Waals surface area contributed by atoms with E-state index in [1.165, 1.54) is 6.42 Å². The fourth-order valence-corrected chi connectivity index (χ4v) is 3.82. The van der Waals surface area contributed by atoms with E-state index in [2.05, 4.69) is 41.0 Å². The number of furan rings is 1. The fraction of sp³-hybridized carbons (Fsp3) is 0.700. The monoisotopic (exact) mass is 359 g/mol. The molecule has 2 aliphatic rings. The first-order chi connectivity index (χ1) is 12.7. The van der Waals surface area contributed by atoms with Gasteiger partial charge in [-0.1, -0.05) is 19.0 Å². The Hall–Kier alpha value is -1.66. The van der Waals surface area contributed by atoms with Crippen molar-refractivity contribution < 1.29 is 13.7 Å². The maximum Gasteiger partial charge on any atom is 0.229 e. The number of aromatic nitrogens is 2. The van der Waals surface area contributed by atoms with Gasteiger partial charge < -0.3 is 13.7 Å². The van der Waals surface area contributed by atoms with Crippen LogP contribution in [0.5, 0.6) is 0 Å². The van der Waals surface area contributed by atoms with Crippen LogP contribution in [0, 0.1) is 0 Å². The molecular weight excluding hydrogens is 330 g/mol. The van der Waals surface area contributed by atoms with E-state index >= 15 is 0 Å². The molecule has 0 aliphatic carbocycles. The highest BCUT2D eigenvalue weighted by Crippen LogP contribution is 2.31. The van der Waals surface area contributed by atoms with Crippen molar-refractivity contribution in [2.75, 3.05) is 19.7 Å². The van der Waals surface area contributed by atoms with E-state index in [1.54, 1.807) is 0 Å². The molecule has 0 saturated carbocycles. The maximum absolute atomic E-state index is 6.06. The summed E-state index contributed by atoms with van der Waals surface area (Å²) in [5.74, 6) is 4.34. The fourth-order valence-electron chi connectivity index (χ4n) is 3.82. The molecule has 0 bridgehead atoms. The molecule has 142 valence electrons. The van der Waals surface area contributed by atoms with Gasteiger partial charge in [-0.15, -0.1) is 0 Å². The summed E-state index contributed by atoms with van der Waals surface area (Å²) in [6.45, 7) is 7.95. The topological polar surface area (TPSA) is 64.5 Å². The normalized spacial score (nSPS) is 23.0. The first-order valence-electron chi connectivity index (χ1n) is 9.95. The molecule has 0 N–H and O–H groups in total. The minimum absolute atomic E-state index is 0.149. The number of rotatable bonds is 5. The maximum atomic E-state index is 6.06. The van der Waals surface area contributed by atoms with Crippen LogP contribution in [-0.4, -0.2) is 34.7 Å². The van der Waals surface area contributed by atoms with Crippen molar-refractivity contribution in [2.45, 2.75) is 70.4 Å². The SMILES string of the molecule is CC(C)c1noc(C2CCN(Cc3ccc([C@H]4CCCCO4)o3)CC2)n1. The number of hydrogen-bond donors (Lipinski definition) is 0. The van der Waals surface area contributed by atoms with Gasteiger partial charge in [-0.05, 0) is 57.3 Å². The molecule has 26 heavy (non-hydrogen) atoms. The third-order valence-electron chi connectivity index (χ3n) is 5.47. The van der Waals surface area contributed by atoms with Gasteiger partial charge in [-0.3, -0.25) is 4.90 Å². The van der Waals surface area contributed by atoms with E-state index in [0.717, 1.165) is 75.2 Å². The van der Waals surface area contributed by atoms with Crippen LogP contribution in [0.1, 0.15) is 87.1 Å². The highest BCUT2D eigenvalue weighted by atomic mass is 16.5. The van der Waals surface area contributed by atoms with Gasteiger partial charge in [0.25, 0.3) is 0 Å². The van der Waals surface area contributed by atoms with Gasteiger partial charge in [-0.2, -0.15) is 4.98 Å². The van der Waals surface area contributed by atoms with Crippen LogP contribution < -0.4 is 0 Å². The summed E-state index contributed by atoms with van der Waals surface area (Å²) in [6.07, 6.45) is 5.72. The van der Waals surface area contributed by atoms with E-state index in [1.807, 2.05) is 0 Å². The Balaban J connectivity index is 1.29. The molecule has 1 atom stereocenters. The minimum atomic E-state index is 0.149. The molecule has 0 radical (unpaired) electrons. The number of nitrogens with zero attached hydrogens (tertiary/aromatic N) is 3. The van der Waals surface area contributed by atoms with Crippen LogP contribution in [0.25, 0.3) is 0 Å². The van der Waals surface area contributed by atoms with E-state index in [4.69, 9.17) is 13.7 Å². The van der Waals surface area contributed by atoms with Gasteiger partial charge in [0.15, 0.2) is 5.82 Å². The largest absolute Gasteiger partial charge is 0.462 e. The molecule has 2 fully saturated rings. The van der Waals surface area contributed by atoms with Crippen LogP contribution in [0.3, 0.4) is 0 Å². The molecule has 2 aromatic heterocycles. The molecule has 2 saturated heterocycles. The highest BCUT2D eigenvalue weighted by Gasteiger charge is 2.26. The lowest BCUT2D eigenvalue weighted by atomic mass is 9.96. The Morgan fingerprint density at radius 2 is 2.00 bits per heavy atom. The third-order valence-corrected chi connectivity index (χ3v) is 5.47. The highest BCUT2D eigenvalue weighted by molar-refractivity contribution is 5.10. The molecule has 0 aromatic carbocycles. The zero-order valence-electron chi connectivity index (χ0n) is 15.8. The quantitative estimate of drug-likeness (QED) is 0.788. The van der Waals surface area contributed by atoms with E-state index in [0.29, 0.717) is 11.8 Å². The Morgan fingerprint density at radius 3 is 2.69 bits per heavy atom. The first-order valence-corrected chi connectivity index (χ1v) is 9.95. The van der Waals surface area contributed by atoms with Crippen molar-refractivity contribution in [3.8, 4) is 0 Å². The Labute approximate surface area is 154 Å². The molecule has 6 heteroatoms. The Bertz CT molecular complexity index is 695. The van der Waals surface area contributed by atoms with Crippen molar-refractivity contribution >= 4 is 0 Å². The standard InChI is InChI=1S/C20H29N3O3/c1-14(2)19-21-20(26-22-19)15-8-10-23(11-9-15)13-16-6-7-18(25-16)17-5-3-4-12-24-17/h6-7,14-15,17H,3-5,8-13H2,1-2H3/t17-/m1/s1. The van der Waals surface area contributed by atoms with Gasteiger partial charge in [0.1, 0.15) is 17.6 Å². The first kappa shape index (κ1) is 17.7. The summed E-state index contributed by atoms with van der Waals surface area (Å²) in [5, 5.41) is 4.10. The average Bonchev–Trinajstić information content (AvgIpc) is 3.33. The lowest BCUT2D eigenvalue weighted by molar-refractivity contribution is 0.000754. The van der Waals surface area contributed by atoms with Crippen molar-refractivity contribution in [3.05, 3.63) is 35.4 Å². The number of likely N-dealkylation sites (tertiary alicyclic amines) is 1. The molecule has 6 nitrogen and oxygen atoms in total. The zero-order chi connectivity index (χ0) is 17.9. The molecule has 0 amide bonds. The Morgan fingerprint density at radius 1 is 1.15 bits per heavy atom. The number of piperidine rings is 1. The van der Waals surface area contributed by atoms with Crippen LogP contribution in [0.2, 0.25) is 0 Å². The summed E-state index contributed by atoms with van der Waals surface area (Å²) in [7, 11) is 0. The van der Waals surface area contributed by atoms with E-state index < -0.39 is 0 Å². The number of hydrogen-bond acceptors (Lipinski definition) is 6. The molecule has 4 heterocycles. The van der Waals surface area contributed by atoms with Crippen LogP contribution in [0.15, 0.2) is 21.1 Å². The van der Waals surface area contributed by atoms with Crippen molar-refractivity contribution in [1.82, 2.24) is 15.0 Å².